The molecule has 19 heavy (non-hydrogen) atoms. The predicted octanol–water partition coefficient (Wildman–Crippen LogP) is 1.18. The summed E-state index contributed by atoms with van der Waals surface area (Å²) in [6.07, 6.45) is 1.34. The fourth-order valence-electron chi connectivity index (χ4n) is 1.53. The Kier molecular flexibility index (Phi) is 3.54. The number of nitrogens with two attached hydrogens (primary N) is 1. The smallest absolute Gasteiger partial charge is 0.241 e. The van der Waals surface area contributed by atoms with E-state index in [0.717, 1.165) is 12.1 Å². The summed E-state index contributed by atoms with van der Waals surface area (Å²) >= 11 is 0. The lowest BCUT2D eigenvalue weighted by Crippen LogP contribution is -2.24. The Morgan fingerprint density at radius 1 is 1.47 bits per heavy atom. The summed E-state index contributed by atoms with van der Waals surface area (Å²) in [6, 6.07) is 3.71. The number of aryl methyl sites for hydroxylation is 1. The Labute approximate surface area is 109 Å². The molecule has 8 heteroatoms. The minimum Gasteiger partial charge on any atom is -0.396 e. The molecule has 0 aliphatic rings. The summed E-state index contributed by atoms with van der Waals surface area (Å²) in [6.45, 7) is 1.47. The number of nitrogens with one attached hydrogen (secondary N) is 1. The van der Waals surface area contributed by atoms with Crippen molar-refractivity contribution in [2.24, 2.45) is 0 Å². The van der Waals surface area contributed by atoms with E-state index in [1.807, 2.05) is 0 Å². The summed E-state index contributed by atoms with van der Waals surface area (Å²) in [5.74, 6) is -0.645. The second-order valence-electron chi connectivity index (χ2n) is 3.95. The monoisotopic (exact) mass is 285 g/mol. The summed E-state index contributed by atoms with van der Waals surface area (Å²) < 4.78 is 44.2. The van der Waals surface area contributed by atoms with Crippen LogP contribution in [0, 0.1) is 12.7 Å². The fraction of sp³-hybridized carbons (Fsp3) is 0.182. The Bertz CT molecular complexity index is 683. The van der Waals surface area contributed by atoms with Crippen LogP contribution < -0.4 is 10.5 Å². The molecule has 2 rings (SSSR count). The molecule has 1 aromatic heterocycles. The first kappa shape index (κ1) is 13.5. The molecule has 0 saturated carbocycles. The summed E-state index contributed by atoms with van der Waals surface area (Å²) in [7, 11) is -3.78. The number of aromatic nitrogens is 1. The van der Waals surface area contributed by atoms with Crippen LogP contribution in [0.4, 0.5) is 10.1 Å². The predicted molar refractivity (Wildman–Crippen MR) is 66.1 cm³/mol. The van der Waals surface area contributed by atoms with Crippen LogP contribution in [0.25, 0.3) is 0 Å². The van der Waals surface area contributed by atoms with Crippen molar-refractivity contribution in [3.05, 3.63) is 41.5 Å². The number of rotatable bonds is 4. The van der Waals surface area contributed by atoms with Gasteiger partial charge in [0, 0.05) is 6.07 Å². The van der Waals surface area contributed by atoms with Gasteiger partial charge in [-0.25, -0.2) is 17.5 Å². The molecule has 0 bridgehead atoms. The van der Waals surface area contributed by atoms with Crippen LogP contribution in [0.2, 0.25) is 0 Å². The van der Waals surface area contributed by atoms with Crippen LogP contribution in [0.1, 0.15) is 11.3 Å². The maximum absolute atomic E-state index is 13.2. The van der Waals surface area contributed by atoms with Crippen LogP contribution in [0.5, 0.6) is 0 Å². The van der Waals surface area contributed by atoms with Gasteiger partial charge in [0.1, 0.15) is 12.1 Å². The van der Waals surface area contributed by atoms with Gasteiger partial charge in [0.25, 0.3) is 0 Å². The van der Waals surface area contributed by atoms with E-state index >= 15 is 0 Å². The third-order valence-corrected chi connectivity index (χ3v) is 4.06. The molecule has 0 aliphatic heterocycles. The number of hydrogen-bond acceptors (Lipinski definition) is 5. The third kappa shape index (κ3) is 2.91. The number of hydrogen-bond donors (Lipinski definition) is 2. The number of nitrogen functional groups attached to an aromatic ring is 1. The third-order valence-electron chi connectivity index (χ3n) is 2.52. The van der Waals surface area contributed by atoms with Crippen molar-refractivity contribution < 1.29 is 17.3 Å². The fourth-order valence-corrected chi connectivity index (χ4v) is 2.79. The van der Waals surface area contributed by atoms with Crippen molar-refractivity contribution in [3.8, 4) is 0 Å². The topological polar surface area (TPSA) is 98.2 Å². The Balaban J connectivity index is 2.27. The Morgan fingerprint density at radius 2 is 2.21 bits per heavy atom. The van der Waals surface area contributed by atoms with Gasteiger partial charge in [0.2, 0.25) is 10.0 Å². The van der Waals surface area contributed by atoms with Gasteiger partial charge in [-0.2, -0.15) is 0 Å². The number of nitrogens with zero attached hydrogens (tertiary/aromatic N) is 1. The molecule has 0 amide bonds. The Morgan fingerprint density at radius 3 is 2.84 bits per heavy atom. The van der Waals surface area contributed by atoms with Crippen LogP contribution >= 0.6 is 0 Å². The lowest BCUT2D eigenvalue weighted by atomic mass is 10.2. The van der Waals surface area contributed by atoms with Crippen molar-refractivity contribution in [1.82, 2.24) is 9.88 Å². The molecule has 0 saturated heterocycles. The van der Waals surface area contributed by atoms with Crippen molar-refractivity contribution in [3.63, 3.8) is 0 Å². The number of anilines is 1. The van der Waals surface area contributed by atoms with E-state index in [2.05, 4.69) is 14.4 Å². The summed E-state index contributed by atoms with van der Waals surface area (Å²) in [4.78, 5) is -0.0603. The summed E-state index contributed by atoms with van der Waals surface area (Å²) in [5.41, 5.74) is 5.89. The first-order chi connectivity index (χ1) is 8.90. The number of halogens is 1. The molecule has 0 atom stereocenters. The van der Waals surface area contributed by atoms with Gasteiger partial charge in [-0.15, -0.1) is 0 Å². The molecule has 2 aromatic rings. The summed E-state index contributed by atoms with van der Waals surface area (Å²) in [5, 5.41) is 3.58. The van der Waals surface area contributed by atoms with E-state index < -0.39 is 15.8 Å². The molecule has 102 valence electrons. The molecule has 0 radical (unpaired) electrons. The maximum atomic E-state index is 13.2. The normalized spacial score (nSPS) is 11.7. The zero-order chi connectivity index (χ0) is 14.0. The van der Waals surface area contributed by atoms with Crippen LogP contribution in [-0.2, 0) is 16.6 Å². The molecule has 1 heterocycles. The zero-order valence-electron chi connectivity index (χ0n) is 10.1. The van der Waals surface area contributed by atoms with Crippen LogP contribution in [0.3, 0.4) is 0 Å². The van der Waals surface area contributed by atoms with Crippen molar-refractivity contribution >= 4 is 15.7 Å². The van der Waals surface area contributed by atoms with Gasteiger partial charge >= 0.3 is 0 Å². The molecule has 6 nitrogen and oxygen atoms in total. The minimum absolute atomic E-state index is 0.0183. The minimum atomic E-state index is -3.78. The molecule has 3 N–H and O–H groups in total. The molecular formula is C11H12FN3O3S. The molecule has 0 spiro atoms. The molecule has 0 aliphatic carbocycles. The molecule has 1 aromatic carbocycles. The highest BCUT2D eigenvalue weighted by Gasteiger charge is 2.19. The average molecular weight is 285 g/mol. The average Bonchev–Trinajstić information content (AvgIpc) is 2.84. The quantitative estimate of drug-likeness (QED) is 0.822. The van der Waals surface area contributed by atoms with E-state index in [0.29, 0.717) is 5.69 Å². The van der Waals surface area contributed by atoms with Gasteiger partial charge in [-0.05, 0) is 24.6 Å². The standard InChI is InChI=1S/C11H12FN3O3S/c1-7-4-9(12)10(13)5-11(7)19(16,17)14-6-8-2-3-18-15-8/h2-5,14H,6,13H2,1H3. The molecule has 0 unspecified atom stereocenters. The van der Waals surface area contributed by atoms with Crippen molar-refractivity contribution in [2.75, 3.05) is 5.73 Å². The lowest BCUT2D eigenvalue weighted by Gasteiger charge is -2.09. The first-order valence-electron chi connectivity index (χ1n) is 5.34. The van der Waals surface area contributed by atoms with E-state index in [-0.39, 0.29) is 22.7 Å². The van der Waals surface area contributed by atoms with E-state index in [4.69, 9.17) is 5.73 Å². The van der Waals surface area contributed by atoms with Gasteiger partial charge in [0.05, 0.1) is 22.8 Å². The first-order valence-corrected chi connectivity index (χ1v) is 6.83. The molecular weight excluding hydrogens is 273 g/mol. The van der Waals surface area contributed by atoms with E-state index in [9.17, 15) is 12.8 Å². The van der Waals surface area contributed by atoms with E-state index in [1.165, 1.54) is 19.3 Å². The van der Waals surface area contributed by atoms with Crippen molar-refractivity contribution in [2.45, 2.75) is 18.4 Å². The van der Waals surface area contributed by atoms with E-state index in [1.54, 1.807) is 0 Å². The van der Waals surface area contributed by atoms with Gasteiger partial charge in [0.15, 0.2) is 0 Å². The van der Waals surface area contributed by atoms with Gasteiger partial charge < -0.3 is 10.3 Å². The highest BCUT2D eigenvalue weighted by Crippen LogP contribution is 2.21. The lowest BCUT2D eigenvalue weighted by molar-refractivity contribution is 0.411. The van der Waals surface area contributed by atoms with Crippen molar-refractivity contribution in [1.29, 1.82) is 0 Å². The maximum Gasteiger partial charge on any atom is 0.241 e. The second kappa shape index (κ2) is 4.98. The number of benzene rings is 1. The number of sulfonamides is 1. The van der Waals surface area contributed by atoms with Gasteiger partial charge in [-0.3, -0.25) is 0 Å². The highest BCUT2D eigenvalue weighted by molar-refractivity contribution is 7.89. The largest absolute Gasteiger partial charge is 0.396 e. The van der Waals surface area contributed by atoms with Crippen LogP contribution in [0.15, 0.2) is 33.9 Å². The van der Waals surface area contributed by atoms with Crippen LogP contribution in [-0.4, -0.2) is 13.6 Å². The highest BCUT2D eigenvalue weighted by atomic mass is 32.2. The Hall–Kier alpha value is -1.93. The zero-order valence-corrected chi connectivity index (χ0v) is 10.9. The SMILES string of the molecule is Cc1cc(F)c(N)cc1S(=O)(=O)NCc1ccon1. The van der Waals surface area contributed by atoms with Gasteiger partial charge in [-0.1, -0.05) is 5.16 Å². The second-order valence-corrected chi connectivity index (χ2v) is 5.69. The molecule has 0 fully saturated rings.